The zero-order valence-electron chi connectivity index (χ0n) is 11.6. The average Bonchev–Trinajstić information content (AvgIpc) is 3.26. The van der Waals surface area contributed by atoms with Crippen LogP contribution in [-0.4, -0.2) is 9.55 Å². The van der Waals surface area contributed by atoms with Gasteiger partial charge in [0.15, 0.2) is 11.1 Å². The molecule has 0 aliphatic heterocycles. The van der Waals surface area contributed by atoms with Crippen molar-refractivity contribution in [1.29, 1.82) is 0 Å². The van der Waals surface area contributed by atoms with Crippen molar-refractivity contribution >= 4 is 22.7 Å². The predicted molar refractivity (Wildman–Crippen MR) is 83.6 cm³/mol. The maximum Gasteiger partial charge on any atom is 0.417 e. The van der Waals surface area contributed by atoms with Crippen molar-refractivity contribution in [2.75, 3.05) is 0 Å². The third kappa shape index (κ3) is 2.18. The Bertz CT molecular complexity index is 979. The molecule has 0 atom stereocenters. The van der Waals surface area contributed by atoms with Crippen molar-refractivity contribution in [3.63, 3.8) is 0 Å². The van der Waals surface area contributed by atoms with Crippen LogP contribution in [0.2, 0.25) is 5.02 Å². The smallest absolute Gasteiger partial charge is 0.407 e. The molecule has 6 heteroatoms. The van der Waals surface area contributed by atoms with Gasteiger partial charge in [0.05, 0.1) is 6.54 Å². The van der Waals surface area contributed by atoms with Crippen LogP contribution in [-0.2, 0) is 6.54 Å². The lowest BCUT2D eigenvalue weighted by Crippen LogP contribution is -2.22. The van der Waals surface area contributed by atoms with Gasteiger partial charge >= 0.3 is 5.76 Å². The highest BCUT2D eigenvalue weighted by Gasteiger charge is 2.29. The van der Waals surface area contributed by atoms with Gasteiger partial charge < -0.3 is 8.98 Å². The molecule has 1 saturated carbocycles. The molecule has 0 radical (unpaired) electrons. The number of oxazole rings is 1. The standard InChI is InChI=1S/C16H13ClN2O3/c17-12-4-2-1-3-10(12)7-19-8-11(9-5-6-9)14-13(15(19)20)18-16(21)22-14/h1-4,8-9H,5-7H2,(H,18,21). The number of halogens is 1. The largest absolute Gasteiger partial charge is 0.417 e. The first-order chi connectivity index (χ1) is 10.6. The monoisotopic (exact) mass is 316 g/mol. The molecular formula is C16H13ClN2O3. The van der Waals surface area contributed by atoms with Crippen LogP contribution >= 0.6 is 11.6 Å². The number of nitrogens with zero attached hydrogens (tertiary/aromatic N) is 1. The Morgan fingerprint density at radius 1 is 1.27 bits per heavy atom. The van der Waals surface area contributed by atoms with Crippen LogP contribution in [0.15, 0.2) is 44.5 Å². The lowest BCUT2D eigenvalue weighted by molar-refractivity contribution is 0.551. The molecule has 5 nitrogen and oxygen atoms in total. The van der Waals surface area contributed by atoms with E-state index >= 15 is 0 Å². The van der Waals surface area contributed by atoms with E-state index < -0.39 is 5.76 Å². The summed E-state index contributed by atoms with van der Waals surface area (Å²) in [5, 5.41) is 0.614. The molecule has 4 rings (SSSR count). The number of rotatable bonds is 3. The Balaban J connectivity index is 1.91. The molecular weight excluding hydrogens is 304 g/mol. The molecule has 1 aliphatic carbocycles. The van der Waals surface area contributed by atoms with Crippen LogP contribution in [0.1, 0.15) is 29.9 Å². The fourth-order valence-corrected chi connectivity index (χ4v) is 2.92. The summed E-state index contributed by atoms with van der Waals surface area (Å²) >= 11 is 6.17. The number of fused-ring (bicyclic) bond motifs is 1. The summed E-state index contributed by atoms with van der Waals surface area (Å²) in [5.41, 5.74) is 2.14. The minimum Gasteiger partial charge on any atom is -0.407 e. The number of aromatic amines is 1. The minimum absolute atomic E-state index is 0.237. The SMILES string of the molecule is O=c1[nH]c2c(=O)n(Cc3ccccc3Cl)cc(C3CC3)c2o1. The second-order valence-electron chi connectivity index (χ2n) is 5.60. The third-order valence-electron chi connectivity index (χ3n) is 4.00. The van der Waals surface area contributed by atoms with Gasteiger partial charge in [0.2, 0.25) is 0 Å². The highest BCUT2D eigenvalue weighted by atomic mass is 35.5. The van der Waals surface area contributed by atoms with Crippen molar-refractivity contribution < 1.29 is 4.42 Å². The average molecular weight is 317 g/mol. The quantitative estimate of drug-likeness (QED) is 0.808. The van der Waals surface area contributed by atoms with E-state index in [0.29, 0.717) is 23.1 Å². The van der Waals surface area contributed by atoms with Gasteiger partial charge in [0.25, 0.3) is 5.56 Å². The molecule has 0 spiro atoms. The topological polar surface area (TPSA) is 68.0 Å². The Labute approximate surface area is 130 Å². The summed E-state index contributed by atoms with van der Waals surface area (Å²) < 4.78 is 6.75. The molecule has 1 aliphatic rings. The molecule has 0 unspecified atom stereocenters. The van der Waals surface area contributed by atoms with Gasteiger partial charge in [-0.2, -0.15) is 0 Å². The van der Waals surface area contributed by atoms with Crippen LogP contribution in [0.4, 0.5) is 0 Å². The fourth-order valence-electron chi connectivity index (χ4n) is 2.72. The summed E-state index contributed by atoms with van der Waals surface area (Å²) in [6.45, 7) is 0.362. The first-order valence-electron chi connectivity index (χ1n) is 7.13. The van der Waals surface area contributed by atoms with Crippen molar-refractivity contribution in [2.24, 2.45) is 0 Å². The van der Waals surface area contributed by atoms with Crippen LogP contribution in [0, 0.1) is 0 Å². The molecule has 112 valence electrons. The predicted octanol–water partition coefficient (Wildman–Crippen LogP) is 2.86. The van der Waals surface area contributed by atoms with Crippen LogP contribution in [0.5, 0.6) is 0 Å². The summed E-state index contributed by atoms with van der Waals surface area (Å²) in [6, 6.07) is 7.41. The zero-order chi connectivity index (χ0) is 15.3. The second-order valence-corrected chi connectivity index (χ2v) is 6.01. The van der Waals surface area contributed by atoms with Crippen LogP contribution < -0.4 is 11.3 Å². The molecule has 22 heavy (non-hydrogen) atoms. The van der Waals surface area contributed by atoms with E-state index in [4.69, 9.17) is 16.0 Å². The van der Waals surface area contributed by atoms with Crippen LogP contribution in [0.25, 0.3) is 11.1 Å². The van der Waals surface area contributed by atoms with Crippen molar-refractivity contribution in [3.05, 3.63) is 67.5 Å². The van der Waals surface area contributed by atoms with Gasteiger partial charge in [-0.1, -0.05) is 29.8 Å². The number of hydrogen-bond acceptors (Lipinski definition) is 3. The van der Waals surface area contributed by atoms with Gasteiger partial charge in [-0.25, -0.2) is 4.79 Å². The summed E-state index contributed by atoms with van der Waals surface area (Å²) in [7, 11) is 0. The molecule has 1 N–H and O–H groups in total. The van der Waals surface area contributed by atoms with Crippen molar-refractivity contribution in [2.45, 2.75) is 25.3 Å². The molecule has 0 amide bonds. The highest BCUT2D eigenvalue weighted by Crippen LogP contribution is 2.42. The Morgan fingerprint density at radius 3 is 2.77 bits per heavy atom. The molecule has 0 saturated heterocycles. The maximum atomic E-state index is 12.5. The van der Waals surface area contributed by atoms with E-state index in [1.165, 1.54) is 0 Å². The van der Waals surface area contributed by atoms with E-state index in [-0.39, 0.29) is 11.1 Å². The molecule has 2 heterocycles. The normalized spacial score (nSPS) is 14.6. The van der Waals surface area contributed by atoms with Gasteiger partial charge in [-0.05, 0) is 30.4 Å². The Morgan fingerprint density at radius 2 is 2.05 bits per heavy atom. The maximum absolute atomic E-state index is 12.5. The number of pyridine rings is 1. The van der Waals surface area contributed by atoms with Crippen molar-refractivity contribution in [3.8, 4) is 0 Å². The minimum atomic E-state index is -0.593. The van der Waals surface area contributed by atoms with Gasteiger partial charge in [-0.15, -0.1) is 0 Å². The zero-order valence-corrected chi connectivity index (χ0v) is 12.4. The van der Waals surface area contributed by atoms with Crippen LogP contribution in [0.3, 0.4) is 0 Å². The first-order valence-corrected chi connectivity index (χ1v) is 7.51. The first kappa shape index (κ1) is 13.4. The van der Waals surface area contributed by atoms with Gasteiger partial charge in [-0.3, -0.25) is 9.78 Å². The summed E-state index contributed by atoms with van der Waals surface area (Å²) in [4.78, 5) is 26.5. The van der Waals surface area contributed by atoms with E-state index in [9.17, 15) is 9.59 Å². The summed E-state index contributed by atoms with van der Waals surface area (Å²) in [6.07, 6.45) is 3.89. The number of H-pyrrole nitrogens is 1. The third-order valence-corrected chi connectivity index (χ3v) is 4.37. The molecule has 1 aromatic carbocycles. The lowest BCUT2D eigenvalue weighted by atomic mass is 10.1. The van der Waals surface area contributed by atoms with Gasteiger partial charge in [0.1, 0.15) is 0 Å². The second kappa shape index (κ2) is 4.88. The van der Waals surface area contributed by atoms with Gasteiger partial charge in [0, 0.05) is 16.8 Å². The fraction of sp³-hybridized carbons (Fsp3) is 0.250. The lowest BCUT2D eigenvalue weighted by Gasteiger charge is -2.10. The summed E-state index contributed by atoms with van der Waals surface area (Å²) in [5.74, 6) is -0.232. The highest BCUT2D eigenvalue weighted by molar-refractivity contribution is 6.31. The number of nitrogens with one attached hydrogen (secondary N) is 1. The van der Waals surface area contributed by atoms with E-state index in [1.54, 1.807) is 16.8 Å². The molecule has 1 fully saturated rings. The Kier molecular flexibility index (Phi) is 2.97. The number of benzene rings is 1. The van der Waals surface area contributed by atoms with E-state index in [1.807, 2.05) is 18.2 Å². The Hall–Kier alpha value is -2.27. The molecule has 3 aromatic rings. The van der Waals surface area contributed by atoms with Crippen molar-refractivity contribution in [1.82, 2.24) is 9.55 Å². The van der Waals surface area contributed by atoms with E-state index in [2.05, 4.69) is 4.98 Å². The molecule has 2 aromatic heterocycles. The molecule has 0 bridgehead atoms. The number of hydrogen-bond donors (Lipinski definition) is 1. The number of aromatic nitrogens is 2. The van der Waals surface area contributed by atoms with E-state index in [0.717, 1.165) is 24.0 Å².